The molecule has 0 radical (unpaired) electrons. The quantitative estimate of drug-likeness (QED) is 0.637. The minimum Gasteiger partial charge on any atom is -0.327 e. The fourth-order valence-electron chi connectivity index (χ4n) is 4.55. The number of carbonyl (C=O) groups is 3. The minimum absolute atomic E-state index is 0.0942. The first-order chi connectivity index (χ1) is 16.4. The number of nitrogens with one attached hydrogen (secondary N) is 2. The summed E-state index contributed by atoms with van der Waals surface area (Å²) in [6.07, 6.45) is 7.68. The molecule has 1 aromatic carbocycles. The van der Waals surface area contributed by atoms with Crippen molar-refractivity contribution < 1.29 is 23.2 Å². The molecule has 0 spiro atoms. The van der Waals surface area contributed by atoms with Crippen LogP contribution in [0.4, 0.5) is 24.4 Å². The van der Waals surface area contributed by atoms with Crippen molar-refractivity contribution in [3.05, 3.63) is 41.4 Å². The van der Waals surface area contributed by atoms with E-state index in [1.165, 1.54) is 28.7 Å². The third kappa shape index (κ3) is 5.88. The van der Waals surface area contributed by atoms with Crippen molar-refractivity contribution >= 4 is 40.0 Å². The molecule has 2 heterocycles. The molecule has 4 rings (SSSR count). The molecular formula is C23H27F2N5O3S. The molecule has 4 amide bonds. The zero-order valence-corrected chi connectivity index (χ0v) is 19.5. The molecule has 1 aliphatic heterocycles. The van der Waals surface area contributed by atoms with E-state index in [-0.39, 0.29) is 37.1 Å². The molecule has 2 aliphatic rings. The third-order valence-electron chi connectivity index (χ3n) is 6.34. The van der Waals surface area contributed by atoms with Crippen LogP contribution in [0, 0.1) is 17.6 Å². The van der Waals surface area contributed by atoms with Crippen LogP contribution in [-0.4, -0.2) is 58.3 Å². The van der Waals surface area contributed by atoms with Gasteiger partial charge in [-0.2, -0.15) is 0 Å². The van der Waals surface area contributed by atoms with Gasteiger partial charge in [0.1, 0.15) is 12.6 Å². The normalized spacial score (nSPS) is 18.0. The van der Waals surface area contributed by atoms with Crippen molar-refractivity contribution in [2.24, 2.45) is 5.92 Å². The molecule has 0 unspecified atom stereocenters. The highest BCUT2D eigenvalue weighted by Crippen LogP contribution is 2.30. The van der Waals surface area contributed by atoms with Gasteiger partial charge in [0.05, 0.1) is 0 Å². The molecule has 1 aliphatic carbocycles. The lowest BCUT2D eigenvalue weighted by Crippen LogP contribution is -2.59. The number of thiazole rings is 1. The number of nitrogens with zero attached hydrogens (tertiary/aromatic N) is 3. The molecule has 1 atom stereocenters. The van der Waals surface area contributed by atoms with Crippen LogP contribution in [0.5, 0.6) is 0 Å². The Kier molecular flexibility index (Phi) is 7.71. The molecule has 0 bridgehead atoms. The summed E-state index contributed by atoms with van der Waals surface area (Å²) in [5, 5.41) is 7.55. The molecule has 2 N–H and O–H groups in total. The van der Waals surface area contributed by atoms with Crippen molar-refractivity contribution in [1.29, 1.82) is 0 Å². The van der Waals surface area contributed by atoms with E-state index in [2.05, 4.69) is 15.6 Å². The van der Waals surface area contributed by atoms with Gasteiger partial charge in [-0.25, -0.2) is 18.6 Å². The van der Waals surface area contributed by atoms with Crippen molar-refractivity contribution in [1.82, 2.24) is 14.8 Å². The Bertz CT molecular complexity index is 1030. The first-order valence-corrected chi connectivity index (χ1v) is 12.3. The second kappa shape index (κ2) is 10.9. The summed E-state index contributed by atoms with van der Waals surface area (Å²) >= 11 is 1.31. The minimum atomic E-state index is -1.07. The molecule has 8 nitrogen and oxygen atoms in total. The van der Waals surface area contributed by atoms with Crippen LogP contribution in [0.25, 0.3) is 0 Å². The lowest BCUT2D eigenvalue weighted by Gasteiger charge is -2.39. The number of aromatic nitrogens is 1. The SMILES string of the molecule is O=C(Nc1nccs1)[C@H](CC1CCCCC1)N1CCN(C(=O)Nc2ccc(F)c(F)c2)CC1=O. The average Bonchev–Trinajstić information content (AvgIpc) is 3.34. The maximum Gasteiger partial charge on any atom is 0.322 e. The highest BCUT2D eigenvalue weighted by atomic mass is 32.1. The molecule has 2 fully saturated rings. The summed E-state index contributed by atoms with van der Waals surface area (Å²) in [5.74, 6) is -2.32. The summed E-state index contributed by atoms with van der Waals surface area (Å²) in [6, 6.07) is 1.82. The van der Waals surface area contributed by atoms with Crippen molar-refractivity contribution in [3.63, 3.8) is 0 Å². The van der Waals surface area contributed by atoms with E-state index in [0.717, 1.165) is 37.8 Å². The zero-order valence-electron chi connectivity index (χ0n) is 18.6. The van der Waals surface area contributed by atoms with Gasteiger partial charge in [0.2, 0.25) is 11.8 Å². The summed E-state index contributed by atoms with van der Waals surface area (Å²) < 4.78 is 26.6. The number of piperazine rings is 1. The molecule has 11 heteroatoms. The van der Waals surface area contributed by atoms with Crippen LogP contribution in [0.15, 0.2) is 29.8 Å². The van der Waals surface area contributed by atoms with E-state index in [4.69, 9.17) is 0 Å². The first kappa shape index (κ1) is 24.1. The number of halogens is 2. The van der Waals surface area contributed by atoms with E-state index in [1.807, 2.05) is 0 Å². The Morgan fingerprint density at radius 2 is 1.91 bits per heavy atom. The van der Waals surface area contributed by atoms with Gasteiger partial charge in [0.25, 0.3) is 0 Å². The topological polar surface area (TPSA) is 94.6 Å². The molecule has 2 aromatic rings. The van der Waals surface area contributed by atoms with Crippen LogP contribution in [0.1, 0.15) is 38.5 Å². The van der Waals surface area contributed by atoms with E-state index < -0.39 is 23.7 Å². The molecule has 182 valence electrons. The average molecular weight is 492 g/mol. The number of hydrogen-bond acceptors (Lipinski definition) is 5. The third-order valence-corrected chi connectivity index (χ3v) is 7.03. The van der Waals surface area contributed by atoms with Crippen LogP contribution >= 0.6 is 11.3 Å². The highest BCUT2D eigenvalue weighted by molar-refractivity contribution is 7.13. The van der Waals surface area contributed by atoms with Gasteiger partial charge in [-0.05, 0) is 24.5 Å². The smallest absolute Gasteiger partial charge is 0.322 e. The highest BCUT2D eigenvalue weighted by Gasteiger charge is 2.37. The Hall–Kier alpha value is -3.08. The summed E-state index contributed by atoms with van der Waals surface area (Å²) in [5.41, 5.74) is 0.0942. The van der Waals surface area contributed by atoms with Crippen LogP contribution in [0.2, 0.25) is 0 Å². The predicted octanol–water partition coefficient (Wildman–Crippen LogP) is 4.08. The largest absolute Gasteiger partial charge is 0.327 e. The number of urea groups is 1. The monoisotopic (exact) mass is 491 g/mol. The Morgan fingerprint density at radius 1 is 1.12 bits per heavy atom. The number of benzene rings is 1. The molecule has 1 saturated heterocycles. The van der Waals surface area contributed by atoms with Crippen molar-refractivity contribution in [2.45, 2.75) is 44.6 Å². The van der Waals surface area contributed by atoms with Crippen molar-refractivity contribution in [3.8, 4) is 0 Å². The summed E-state index contributed by atoms with van der Waals surface area (Å²) in [7, 11) is 0. The van der Waals surface area contributed by atoms with Crippen LogP contribution in [0.3, 0.4) is 0 Å². The fourth-order valence-corrected chi connectivity index (χ4v) is 5.09. The first-order valence-electron chi connectivity index (χ1n) is 11.4. The number of hydrogen-bond donors (Lipinski definition) is 2. The maximum absolute atomic E-state index is 13.4. The van der Waals surface area contributed by atoms with Gasteiger partial charge >= 0.3 is 6.03 Å². The molecule has 1 aromatic heterocycles. The lowest BCUT2D eigenvalue weighted by molar-refractivity contribution is -0.142. The van der Waals surface area contributed by atoms with Gasteiger partial charge < -0.3 is 20.4 Å². The van der Waals surface area contributed by atoms with Gasteiger partial charge in [0.15, 0.2) is 16.8 Å². The molecule has 1 saturated carbocycles. The van der Waals surface area contributed by atoms with Gasteiger partial charge in [0, 0.05) is 36.4 Å². The number of anilines is 2. The zero-order chi connectivity index (χ0) is 24.1. The Balaban J connectivity index is 1.41. The fraction of sp³-hybridized carbons (Fsp3) is 0.478. The lowest BCUT2D eigenvalue weighted by atomic mass is 9.84. The van der Waals surface area contributed by atoms with Gasteiger partial charge in [-0.1, -0.05) is 32.1 Å². The van der Waals surface area contributed by atoms with Crippen molar-refractivity contribution in [2.75, 3.05) is 30.3 Å². The standard InChI is InChI=1S/C23H27F2N5O3S/c24-17-7-6-16(13-18(17)25)27-23(33)29-9-10-30(20(31)14-29)19(12-15-4-2-1-3-5-15)21(32)28-22-26-8-11-34-22/h6-8,11,13,15,19H,1-5,9-10,12,14H2,(H,27,33)(H,26,28,32)/t19-/m0/s1. The van der Waals surface area contributed by atoms with Gasteiger partial charge in [-0.15, -0.1) is 11.3 Å². The maximum atomic E-state index is 13.4. The Labute approximate surface area is 200 Å². The van der Waals surface area contributed by atoms with Crippen LogP contribution in [-0.2, 0) is 9.59 Å². The van der Waals surface area contributed by atoms with E-state index in [1.54, 1.807) is 16.5 Å². The predicted molar refractivity (Wildman–Crippen MR) is 124 cm³/mol. The number of rotatable bonds is 6. The van der Waals surface area contributed by atoms with E-state index >= 15 is 0 Å². The van der Waals surface area contributed by atoms with Gasteiger partial charge in [-0.3, -0.25) is 9.59 Å². The van der Waals surface area contributed by atoms with E-state index in [0.29, 0.717) is 17.5 Å². The second-order valence-corrected chi connectivity index (χ2v) is 9.54. The van der Waals surface area contributed by atoms with E-state index in [9.17, 15) is 23.2 Å². The molecular weight excluding hydrogens is 464 g/mol. The van der Waals surface area contributed by atoms with Crippen LogP contribution < -0.4 is 10.6 Å². The summed E-state index contributed by atoms with van der Waals surface area (Å²) in [4.78, 5) is 45.8. The Morgan fingerprint density at radius 3 is 2.59 bits per heavy atom. The number of carbonyl (C=O) groups excluding carboxylic acids is 3. The summed E-state index contributed by atoms with van der Waals surface area (Å²) in [6.45, 7) is 0.209. The number of amides is 4. The molecule has 34 heavy (non-hydrogen) atoms. The second-order valence-electron chi connectivity index (χ2n) is 8.65.